The number of rotatable bonds is 5. The summed E-state index contributed by atoms with van der Waals surface area (Å²) in [4.78, 5) is 2.14. The molecule has 0 unspecified atom stereocenters. The predicted octanol–water partition coefficient (Wildman–Crippen LogP) is 1.38. The van der Waals surface area contributed by atoms with Gasteiger partial charge in [0, 0.05) is 39.1 Å². The molecule has 1 heterocycles. The number of nitrogens with zero attached hydrogens (tertiary/aromatic N) is 2. The first-order chi connectivity index (χ1) is 7.26. The van der Waals surface area contributed by atoms with Crippen molar-refractivity contribution in [3.05, 3.63) is 0 Å². The lowest BCUT2D eigenvalue weighted by Crippen LogP contribution is -2.48. The molecule has 0 amide bonds. The fraction of sp³-hybridized carbons (Fsp3) is 0.909. The molecular formula is C11H20N2O2. The fourth-order valence-electron chi connectivity index (χ4n) is 2.01. The van der Waals surface area contributed by atoms with Crippen LogP contribution in [-0.2, 0) is 9.47 Å². The lowest BCUT2D eigenvalue weighted by atomic mass is 10.0. The molecule has 0 aliphatic carbocycles. The minimum absolute atomic E-state index is 0.393. The van der Waals surface area contributed by atoms with E-state index in [0.29, 0.717) is 19.8 Å². The normalized spacial score (nSPS) is 21.1. The topological polar surface area (TPSA) is 45.5 Å². The third kappa shape index (κ3) is 3.45. The third-order valence-corrected chi connectivity index (χ3v) is 2.73. The van der Waals surface area contributed by atoms with E-state index in [1.165, 1.54) is 0 Å². The largest absolute Gasteiger partial charge is 0.350 e. The molecule has 4 heteroatoms. The van der Waals surface area contributed by atoms with Crippen LogP contribution in [0.5, 0.6) is 0 Å². The first kappa shape index (κ1) is 12.4. The molecule has 1 aliphatic rings. The first-order valence-electron chi connectivity index (χ1n) is 5.63. The van der Waals surface area contributed by atoms with E-state index in [1.807, 2.05) is 13.8 Å². The average Bonchev–Trinajstić information content (AvgIpc) is 2.23. The van der Waals surface area contributed by atoms with Gasteiger partial charge in [0.15, 0.2) is 5.79 Å². The van der Waals surface area contributed by atoms with Crippen LogP contribution in [0.2, 0.25) is 0 Å². The van der Waals surface area contributed by atoms with Crippen LogP contribution in [0.15, 0.2) is 0 Å². The standard InChI is InChI=1S/C11H20N2O2/c1-3-14-11(15-4-2)5-8-13(9-6-11)10-7-12/h3-6,8-10H2,1-2H3. The van der Waals surface area contributed by atoms with Gasteiger partial charge in [0.2, 0.25) is 0 Å². The SMILES string of the molecule is CCOC1(OCC)CCN(CC#N)CC1. The van der Waals surface area contributed by atoms with Crippen molar-refractivity contribution in [3.63, 3.8) is 0 Å². The van der Waals surface area contributed by atoms with Gasteiger partial charge < -0.3 is 9.47 Å². The molecule has 0 aromatic carbocycles. The molecule has 0 spiro atoms. The highest BCUT2D eigenvalue weighted by molar-refractivity contribution is 4.85. The monoisotopic (exact) mass is 212 g/mol. The van der Waals surface area contributed by atoms with Crippen molar-refractivity contribution in [2.75, 3.05) is 32.8 Å². The average molecular weight is 212 g/mol. The Morgan fingerprint density at radius 3 is 2.13 bits per heavy atom. The summed E-state index contributed by atoms with van der Waals surface area (Å²) in [6.07, 6.45) is 1.72. The van der Waals surface area contributed by atoms with Crippen LogP contribution < -0.4 is 0 Å². The highest BCUT2D eigenvalue weighted by atomic mass is 16.7. The van der Waals surface area contributed by atoms with E-state index in [2.05, 4.69) is 11.0 Å². The van der Waals surface area contributed by atoms with E-state index in [4.69, 9.17) is 14.7 Å². The Kier molecular flexibility index (Phi) is 5.03. The van der Waals surface area contributed by atoms with Gasteiger partial charge in [0.25, 0.3) is 0 Å². The van der Waals surface area contributed by atoms with Crippen LogP contribution in [0.1, 0.15) is 26.7 Å². The zero-order valence-corrected chi connectivity index (χ0v) is 9.66. The second-order valence-corrected chi connectivity index (χ2v) is 3.71. The van der Waals surface area contributed by atoms with Gasteiger partial charge in [-0.25, -0.2) is 0 Å². The summed E-state index contributed by atoms with van der Waals surface area (Å²) in [7, 11) is 0. The number of hydrogen-bond acceptors (Lipinski definition) is 4. The minimum atomic E-state index is -0.393. The van der Waals surface area contributed by atoms with Gasteiger partial charge in [-0.05, 0) is 13.8 Å². The molecule has 0 bridgehead atoms. The van der Waals surface area contributed by atoms with E-state index in [1.54, 1.807) is 0 Å². The second kappa shape index (κ2) is 6.06. The minimum Gasteiger partial charge on any atom is -0.350 e. The van der Waals surface area contributed by atoms with Crippen molar-refractivity contribution in [1.29, 1.82) is 5.26 Å². The van der Waals surface area contributed by atoms with Gasteiger partial charge in [-0.2, -0.15) is 5.26 Å². The summed E-state index contributed by atoms with van der Waals surface area (Å²) in [5.74, 6) is -0.393. The Bertz CT molecular complexity index is 209. The van der Waals surface area contributed by atoms with Crippen molar-refractivity contribution in [2.45, 2.75) is 32.5 Å². The van der Waals surface area contributed by atoms with E-state index >= 15 is 0 Å². The van der Waals surface area contributed by atoms with Crippen molar-refractivity contribution < 1.29 is 9.47 Å². The summed E-state index contributed by atoms with van der Waals surface area (Å²) in [6, 6.07) is 2.17. The number of ether oxygens (including phenoxy) is 2. The Morgan fingerprint density at radius 2 is 1.73 bits per heavy atom. The lowest BCUT2D eigenvalue weighted by molar-refractivity contribution is -0.252. The highest BCUT2D eigenvalue weighted by Crippen LogP contribution is 2.27. The van der Waals surface area contributed by atoms with Crippen LogP contribution in [0.4, 0.5) is 0 Å². The van der Waals surface area contributed by atoms with Crippen molar-refractivity contribution in [3.8, 4) is 6.07 Å². The van der Waals surface area contributed by atoms with Crippen molar-refractivity contribution >= 4 is 0 Å². The number of hydrogen-bond donors (Lipinski definition) is 0. The van der Waals surface area contributed by atoms with Crippen LogP contribution in [0.25, 0.3) is 0 Å². The number of nitriles is 1. The van der Waals surface area contributed by atoms with E-state index in [-0.39, 0.29) is 0 Å². The number of likely N-dealkylation sites (tertiary alicyclic amines) is 1. The molecule has 0 aromatic rings. The van der Waals surface area contributed by atoms with Gasteiger partial charge in [-0.3, -0.25) is 4.90 Å². The molecule has 15 heavy (non-hydrogen) atoms. The van der Waals surface area contributed by atoms with Gasteiger partial charge >= 0.3 is 0 Å². The molecule has 0 saturated carbocycles. The predicted molar refractivity (Wildman–Crippen MR) is 57.3 cm³/mol. The molecule has 4 nitrogen and oxygen atoms in total. The van der Waals surface area contributed by atoms with Gasteiger partial charge in [-0.1, -0.05) is 0 Å². The smallest absolute Gasteiger partial charge is 0.170 e. The van der Waals surface area contributed by atoms with Gasteiger partial charge in [0.1, 0.15) is 0 Å². The maximum absolute atomic E-state index is 8.60. The molecule has 1 saturated heterocycles. The summed E-state index contributed by atoms with van der Waals surface area (Å²) in [5.41, 5.74) is 0. The molecule has 1 rings (SSSR count). The summed E-state index contributed by atoms with van der Waals surface area (Å²) in [5, 5.41) is 8.60. The summed E-state index contributed by atoms with van der Waals surface area (Å²) in [6.45, 7) is 7.61. The second-order valence-electron chi connectivity index (χ2n) is 3.71. The quantitative estimate of drug-likeness (QED) is 0.510. The molecule has 1 aliphatic heterocycles. The van der Waals surface area contributed by atoms with Crippen molar-refractivity contribution in [1.82, 2.24) is 4.90 Å². The van der Waals surface area contributed by atoms with Gasteiger partial charge in [-0.15, -0.1) is 0 Å². The number of piperidine rings is 1. The molecule has 1 fully saturated rings. The summed E-state index contributed by atoms with van der Waals surface area (Å²) >= 11 is 0. The third-order valence-electron chi connectivity index (χ3n) is 2.73. The zero-order chi connectivity index (χ0) is 11.1. The van der Waals surface area contributed by atoms with Crippen LogP contribution in [0, 0.1) is 11.3 Å². The maximum Gasteiger partial charge on any atom is 0.170 e. The maximum atomic E-state index is 8.60. The van der Waals surface area contributed by atoms with Gasteiger partial charge in [0.05, 0.1) is 12.6 Å². The lowest BCUT2D eigenvalue weighted by Gasteiger charge is -2.40. The van der Waals surface area contributed by atoms with Crippen molar-refractivity contribution in [2.24, 2.45) is 0 Å². The Morgan fingerprint density at radius 1 is 1.20 bits per heavy atom. The Hall–Kier alpha value is -0.630. The summed E-state index contributed by atoms with van der Waals surface area (Å²) < 4.78 is 11.4. The van der Waals surface area contributed by atoms with E-state index in [9.17, 15) is 0 Å². The Balaban J connectivity index is 2.46. The zero-order valence-electron chi connectivity index (χ0n) is 9.66. The molecule has 86 valence electrons. The highest BCUT2D eigenvalue weighted by Gasteiger charge is 2.35. The molecular weight excluding hydrogens is 192 g/mol. The fourth-order valence-corrected chi connectivity index (χ4v) is 2.01. The van der Waals surface area contributed by atoms with E-state index < -0.39 is 5.79 Å². The van der Waals surface area contributed by atoms with Crippen LogP contribution in [-0.4, -0.2) is 43.5 Å². The molecule has 0 radical (unpaired) electrons. The van der Waals surface area contributed by atoms with E-state index in [0.717, 1.165) is 25.9 Å². The van der Waals surface area contributed by atoms with Crippen LogP contribution >= 0.6 is 0 Å². The molecule has 0 aromatic heterocycles. The molecule has 0 N–H and O–H groups in total. The molecule has 0 atom stereocenters. The Labute approximate surface area is 91.8 Å². The first-order valence-corrected chi connectivity index (χ1v) is 5.63. The van der Waals surface area contributed by atoms with Crippen LogP contribution in [0.3, 0.4) is 0 Å².